The van der Waals surface area contributed by atoms with E-state index in [9.17, 15) is 8.78 Å². The van der Waals surface area contributed by atoms with Gasteiger partial charge in [-0.1, -0.05) is 18.2 Å². The van der Waals surface area contributed by atoms with E-state index in [0.717, 1.165) is 0 Å². The number of hydrogen-bond donors (Lipinski definition) is 1. The van der Waals surface area contributed by atoms with Crippen LogP contribution in [0, 0.1) is 0 Å². The molecule has 1 rings (SSSR count). The van der Waals surface area contributed by atoms with Crippen LogP contribution in [-0.2, 0) is 4.74 Å². The molecule has 0 saturated carbocycles. The van der Waals surface area contributed by atoms with E-state index in [1.165, 1.54) is 0 Å². The highest BCUT2D eigenvalue weighted by atomic mass is 19.3. The van der Waals surface area contributed by atoms with E-state index in [1.54, 1.807) is 31.4 Å². The van der Waals surface area contributed by atoms with Crippen molar-refractivity contribution >= 4 is 0 Å². The number of halogens is 2. The summed E-state index contributed by atoms with van der Waals surface area (Å²) in [6.07, 6.45) is 0.0654. The van der Waals surface area contributed by atoms with E-state index in [4.69, 9.17) is 4.74 Å². The highest BCUT2D eigenvalue weighted by molar-refractivity contribution is 5.35. The fraction of sp³-hybridized carbons (Fsp3) is 0.538. The minimum absolute atomic E-state index is 0.0654. The van der Waals surface area contributed by atoms with Gasteiger partial charge in [0.2, 0.25) is 0 Å². The predicted molar refractivity (Wildman–Crippen MR) is 66.0 cm³/mol. The largest absolute Gasteiger partial charge is 0.434 e. The monoisotopic (exact) mass is 259 g/mol. The maximum atomic E-state index is 12.3. The molecule has 1 aromatic carbocycles. The van der Waals surface area contributed by atoms with Crippen LogP contribution in [-0.4, -0.2) is 26.4 Å². The summed E-state index contributed by atoms with van der Waals surface area (Å²) in [7, 11) is 1.63. The van der Waals surface area contributed by atoms with Gasteiger partial charge in [-0.15, -0.1) is 0 Å². The molecule has 0 aliphatic heterocycles. The van der Waals surface area contributed by atoms with Crippen molar-refractivity contribution in [1.82, 2.24) is 5.32 Å². The smallest absolute Gasteiger partial charge is 0.387 e. The van der Waals surface area contributed by atoms with E-state index in [0.29, 0.717) is 12.1 Å². The van der Waals surface area contributed by atoms with Gasteiger partial charge in [-0.05, 0) is 19.9 Å². The van der Waals surface area contributed by atoms with Crippen LogP contribution >= 0.6 is 0 Å². The molecule has 0 fully saturated rings. The van der Waals surface area contributed by atoms with Crippen LogP contribution in [0.2, 0.25) is 0 Å². The number of methoxy groups -OCH3 is 1. The summed E-state index contributed by atoms with van der Waals surface area (Å²) >= 11 is 0. The molecule has 5 heteroatoms. The van der Waals surface area contributed by atoms with E-state index in [2.05, 4.69) is 10.1 Å². The molecule has 1 aromatic rings. The zero-order chi connectivity index (χ0) is 13.5. The minimum Gasteiger partial charge on any atom is -0.434 e. The minimum atomic E-state index is -2.81. The normalized spacial score (nSPS) is 14.6. The van der Waals surface area contributed by atoms with Crippen LogP contribution in [0.1, 0.15) is 25.5 Å². The summed E-state index contributed by atoms with van der Waals surface area (Å²) in [5.74, 6) is 0.206. The summed E-state index contributed by atoms with van der Waals surface area (Å²) in [5, 5.41) is 3.21. The lowest BCUT2D eigenvalue weighted by molar-refractivity contribution is -0.0507. The van der Waals surface area contributed by atoms with E-state index >= 15 is 0 Å². The van der Waals surface area contributed by atoms with Gasteiger partial charge in [0.1, 0.15) is 5.75 Å². The molecular weight excluding hydrogens is 240 g/mol. The lowest BCUT2D eigenvalue weighted by Gasteiger charge is -2.19. The van der Waals surface area contributed by atoms with Crippen LogP contribution in [0.5, 0.6) is 5.75 Å². The third-order valence-corrected chi connectivity index (χ3v) is 2.72. The second-order valence-corrected chi connectivity index (χ2v) is 4.09. The van der Waals surface area contributed by atoms with Gasteiger partial charge in [-0.2, -0.15) is 8.78 Å². The SMILES string of the molecule is COC(C)CNC(C)c1ccccc1OC(F)F. The summed E-state index contributed by atoms with van der Waals surface area (Å²) in [5.41, 5.74) is 0.709. The van der Waals surface area contributed by atoms with Gasteiger partial charge in [0.25, 0.3) is 0 Å². The Morgan fingerprint density at radius 3 is 2.50 bits per heavy atom. The molecule has 2 atom stereocenters. The maximum Gasteiger partial charge on any atom is 0.387 e. The molecule has 0 aromatic heterocycles. The lowest BCUT2D eigenvalue weighted by Crippen LogP contribution is -2.28. The predicted octanol–water partition coefficient (Wildman–Crippen LogP) is 2.97. The van der Waals surface area contributed by atoms with Crippen molar-refractivity contribution in [3.8, 4) is 5.75 Å². The number of ether oxygens (including phenoxy) is 2. The van der Waals surface area contributed by atoms with Gasteiger partial charge in [0.15, 0.2) is 0 Å². The van der Waals surface area contributed by atoms with Crippen LogP contribution in [0.3, 0.4) is 0 Å². The zero-order valence-corrected chi connectivity index (χ0v) is 10.8. The van der Waals surface area contributed by atoms with Crippen molar-refractivity contribution in [2.75, 3.05) is 13.7 Å². The Hall–Kier alpha value is -1.20. The first-order chi connectivity index (χ1) is 8.54. The third kappa shape index (κ3) is 4.58. The molecule has 0 heterocycles. The Morgan fingerprint density at radius 1 is 1.22 bits per heavy atom. The molecule has 0 saturated heterocycles. The third-order valence-electron chi connectivity index (χ3n) is 2.72. The zero-order valence-electron chi connectivity index (χ0n) is 10.8. The van der Waals surface area contributed by atoms with Gasteiger partial charge in [-0.3, -0.25) is 0 Å². The summed E-state index contributed by atoms with van der Waals surface area (Å²) in [6, 6.07) is 6.70. The molecular formula is C13H19F2NO2. The summed E-state index contributed by atoms with van der Waals surface area (Å²) in [4.78, 5) is 0. The quantitative estimate of drug-likeness (QED) is 0.816. The molecule has 3 nitrogen and oxygen atoms in total. The molecule has 18 heavy (non-hydrogen) atoms. The number of rotatable bonds is 7. The average molecular weight is 259 g/mol. The van der Waals surface area contributed by atoms with Gasteiger partial charge < -0.3 is 14.8 Å². The number of para-hydroxylation sites is 1. The summed E-state index contributed by atoms with van der Waals surface area (Å²) < 4.78 is 34.2. The van der Waals surface area contributed by atoms with Gasteiger partial charge in [0.05, 0.1) is 6.10 Å². The van der Waals surface area contributed by atoms with Crippen molar-refractivity contribution in [3.63, 3.8) is 0 Å². The van der Waals surface area contributed by atoms with Gasteiger partial charge in [0, 0.05) is 25.3 Å². The number of nitrogens with one attached hydrogen (secondary N) is 1. The fourth-order valence-electron chi connectivity index (χ4n) is 1.58. The topological polar surface area (TPSA) is 30.5 Å². The highest BCUT2D eigenvalue weighted by Crippen LogP contribution is 2.26. The van der Waals surface area contributed by atoms with E-state index < -0.39 is 6.61 Å². The lowest BCUT2D eigenvalue weighted by atomic mass is 10.1. The second kappa shape index (κ2) is 7.28. The Labute approximate surface area is 106 Å². The molecule has 0 aliphatic carbocycles. The average Bonchev–Trinajstić information content (AvgIpc) is 2.35. The molecule has 0 bridgehead atoms. The maximum absolute atomic E-state index is 12.3. The molecule has 0 amide bonds. The number of hydrogen-bond acceptors (Lipinski definition) is 3. The van der Waals surface area contributed by atoms with Crippen LogP contribution in [0.4, 0.5) is 8.78 Å². The molecule has 0 radical (unpaired) electrons. The molecule has 0 aliphatic rings. The fourth-order valence-corrected chi connectivity index (χ4v) is 1.58. The van der Waals surface area contributed by atoms with Crippen molar-refractivity contribution < 1.29 is 18.3 Å². The number of alkyl halides is 2. The Kier molecular flexibility index (Phi) is 6.01. The Bertz CT molecular complexity index is 361. The molecule has 1 N–H and O–H groups in total. The van der Waals surface area contributed by atoms with Gasteiger partial charge in [-0.25, -0.2) is 0 Å². The van der Waals surface area contributed by atoms with E-state index in [-0.39, 0.29) is 17.9 Å². The number of benzene rings is 1. The highest BCUT2D eigenvalue weighted by Gasteiger charge is 2.14. The van der Waals surface area contributed by atoms with Crippen LogP contribution in [0.25, 0.3) is 0 Å². The second-order valence-electron chi connectivity index (χ2n) is 4.09. The van der Waals surface area contributed by atoms with Crippen molar-refractivity contribution in [1.29, 1.82) is 0 Å². The van der Waals surface area contributed by atoms with Crippen molar-refractivity contribution in [2.24, 2.45) is 0 Å². The Morgan fingerprint density at radius 2 is 1.89 bits per heavy atom. The molecule has 0 spiro atoms. The first kappa shape index (κ1) is 14.9. The first-order valence-corrected chi connectivity index (χ1v) is 5.84. The van der Waals surface area contributed by atoms with Crippen LogP contribution < -0.4 is 10.1 Å². The molecule has 2 unspecified atom stereocenters. The first-order valence-electron chi connectivity index (χ1n) is 5.84. The van der Waals surface area contributed by atoms with E-state index in [1.807, 2.05) is 13.8 Å². The Balaban J connectivity index is 2.69. The van der Waals surface area contributed by atoms with Gasteiger partial charge >= 0.3 is 6.61 Å². The molecule has 102 valence electrons. The van der Waals surface area contributed by atoms with Crippen LogP contribution in [0.15, 0.2) is 24.3 Å². The summed E-state index contributed by atoms with van der Waals surface area (Å²) in [6.45, 7) is 1.66. The van der Waals surface area contributed by atoms with Crippen molar-refractivity contribution in [3.05, 3.63) is 29.8 Å². The van der Waals surface area contributed by atoms with Crippen molar-refractivity contribution in [2.45, 2.75) is 32.6 Å². The standard InChI is InChI=1S/C13H19F2NO2/c1-9(17-3)8-16-10(2)11-6-4-5-7-12(11)18-13(14)15/h4-7,9-10,13,16H,8H2,1-3H3.